The highest BCUT2D eigenvalue weighted by molar-refractivity contribution is 7.89. The molecule has 0 spiro atoms. The number of nitrogens with one attached hydrogen (secondary N) is 1. The third kappa shape index (κ3) is 4.22. The van der Waals surface area contributed by atoms with Crippen LogP contribution in [0, 0.1) is 17.6 Å². The van der Waals surface area contributed by atoms with Crippen LogP contribution >= 0.6 is 0 Å². The van der Waals surface area contributed by atoms with E-state index in [1.807, 2.05) is 13.8 Å². The van der Waals surface area contributed by atoms with E-state index in [-0.39, 0.29) is 12.5 Å². The van der Waals surface area contributed by atoms with Gasteiger partial charge in [0.15, 0.2) is 0 Å². The summed E-state index contributed by atoms with van der Waals surface area (Å²) in [5, 5.41) is 0. The molecule has 1 unspecified atom stereocenters. The Morgan fingerprint density at radius 1 is 1.35 bits per heavy atom. The smallest absolute Gasteiger partial charge is 0.244 e. The summed E-state index contributed by atoms with van der Waals surface area (Å²) in [5.74, 6) is -1.74. The van der Waals surface area contributed by atoms with Crippen LogP contribution in [0.2, 0.25) is 0 Å². The molecule has 0 saturated heterocycles. The molecular weight excluding hydrogens is 286 g/mol. The van der Waals surface area contributed by atoms with E-state index in [0.717, 1.165) is 12.1 Å². The van der Waals surface area contributed by atoms with Crippen LogP contribution in [0.5, 0.6) is 0 Å². The molecule has 0 fully saturated rings. The number of hydrogen-bond acceptors (Lipinski definition) is 3. The quantitative estimate of drug-likeness (QED) is 0.844. The summed E-state index contributed by atoms with van der Waals surface area (Å²) in [6.45, 7) is 5.60. The molecule has 0 radical (unpaired) electrons. The summed E-state index contributed by atoms with van der Waals surface area (Å²) in [6.07, 6.45) is 0.505. The van der Waals surface area contributed by atoms with Crippen LogP contribution in [-0.2, 0) is 10.0 Å². The SMILES string of the molecule is CC(C)CC(C)(CN)NS(=O)(=O)c1ccc(F)cc1F. The van der Waals surface area contributed by atoms with Crippen LogP contribution < -0.4 is 10.5 Å². The lowest BCUT2D eigenvalue weighted by Gasteiger charge is -2.30. The molecular formula is C13H20F2N2O2S. The predicted octanol–water partition coefficient (Wildman–Crippen LogP) is 2.01. The maximum atomic E-state index is 13.6. The van der Waals surface area contributed by atoms with Gasteiger partial charge in [-0.15, -0.1) is 0 Å². The Bertz CT molecular complexity index is 576. The van der Waals surface area contributed by atoms with E-state index in [0.29, 0.717) is 12.5 Å². The van der Waals surface area contributed by atoms with Gasteiger partial charge < -0.3 is 5.73 Å². The molecule has 0 aliphatic heterocycles. The van der Waals surface area contributed by atoms with Gasteiger partial charge in [0, 0.05) is 18.2 Å². The fourth-order valence-corrected chi connectivity index (χ4v) is 3.63. The van der Waals surface area contributed by atoms with Crippen LogP contribution in [0.25, 0.3) is 0 Å². The minimum atomic E-state index is -4.09. The summed E-state index contributed by atoms with van der Waals surface area (Å²) in [6, 6.07) is 2.34. The third-order valence-electron chi connectivity index (χ3n) is 2.87. The Morgan fingerprint density at radius 2 is 1.95 bits per heavy atom. The Kier molecular flexibility index (Phi) is 5.23. The first-order valence-electron chi connectivity index (χ1n) is 6.29. The molecule has 1 aromatic rings. The zero-order chi connectivity index (χ0) is 15.6. The fourth-order valence-electron chi connectivity index (χ4n) is 2.14. The van der Waals surface area contributed by atoms with Crippen molar-refractivity contribution in [3.8, 4) is 0 Å². The lowest BCUT2D eigenvalue weighted by atomic mass is 9.92. The van der Waals surface area contributed by atoms with Gasteiger partial charge in [0.2, 0.25) is 10.0 Å². The molecule has 1 atom stereocenters. The second kappa shape index (κ2) is 6.15. The monoisotopic (exact) mass is 306 g/mol. The molecule has 0 amide bonds. The first kappa shape index (κ1) is 17.0. The molecule has 20 heavy (non-hydrogen) atoms. The Hall–Kier alpha value is -1.05. The number of sulfonamides is 1. The van der Waals surface area contributed by atoms with E-state index in [9.17, 15) is 17.2 Å². The highest BCUT2D eigenvalue weighted by atomic mass is 32.2. The minimum Gasteiger partial charge on any atom is -0.329 e. The molecule has 0 bridgehead atoms. The van der Waals surface area contributed by atoms with Gasteiger partial charge in [0.25, 0.3) is 0 Å². The molecule has 3 N–H and O–H groups in total. The van der Waals surface area contributed by atoms with Crippen molar-refractivity contribution in [2.75, 3.05) is 6.54 Å². The summed E-state index contributed by atoms with van der Waals surface area (Å²) >= 11 is 0. The van der Waals surface area contributed by atoms with E-state index in [1.165, 1.54) is 0 Å². The Labute approximate surface area is 118 Å². The van der Waals surface area contributed by atoms with Gasteiger partial charge in [-0.05, 0) is 31.4 Å². The van der Waals surface area contributed by atoms with Crippen molar-refractivity contribution in [2.45, 2.75) is 37.6 Å². The number of nitrogens with two attached hydrogens (primary N) is 1. The van der Waals surface area contributed by atoms with Crippen molar-refractivity contribution < 1.29 is 17.2 Å². The number of hydrogen-bond donors (Lipinski definition) is 2. The Morgan fingerprint density at radius 3 is 2.40 bits per heavy atom. The molecule has 1 rings (SSSR count). The van der Waals surface area contributed by atoms with Gasteiger partial charge in [0.05, 0.1) is 0 Å². The summed E-state index contributed by atoms with van der Waals surface area (Å²) in [4.78, 5) is -0.581. The lowest BCUT2D eigenvalue weighted by Crippen LogP contribution is -2.52. The fraction of sp³-hybridized carbons (Fsp3) is 0.538. The molecule has 0 heterocycles. The van der Waals surface area contributed by atoms with Gasteiger partial charge in [-0.25, -0.2) is 21.9 Å². The molecule has 114 valence electrons. The zero-order valence-electron chi connectivity index (χ0n) is 11.8. The summed E-state index contributed by atoms with van der Waals surface area (Å²) in [7, 11) is -4.09. The van der Waals surface area contributed by atoms with Crippen LogP contribution in [0.15, 0.2) is 23.1 Å². The van der Waals surface area contributed by atoms with Crippen LogP contribution in [0.1, 0.15) is 27.2 Å². The van der Waals surface area contributed by atoms with E-state index in [1.54, 1.807) is 6.92 Å². The number of halogens is 2. The van der Waals surface area contributed by atoms with E-state index < -0.39 is 32.1 Å². The predicted molar refractivity (Wildman–Crippen MR) is 73.6 cm³/mol. The molecule has 0 aromatic heterocycles. The van der Waals surface area contributed by atoms with E-state index in [4.69, 9.17) is 5.73 Å². The highest BCUT2D eigenvalue weighted by Crippen LogP contribution is 2.21. The Balaban J connectivity index is 3.10. The van der Waals surface area contributed by atoms with Gasteiger partial charge >= 0.3 is 0 Å². The van der Waals surface area contributed by atoms with Crippen molar-refractivity contribution >= 4 is 10.0 Å². The van der Waals surface area contributed by atoms with Crippen molar-refractivity contribution in [1.29, 1.82) is 0 Å². The van der Waals surface area contributed by atoms with E-state index in [2.05, 4.69) is 4.72 Å². The molecule has 0 aliphatic rings. The summed E-state index contributed by atoms with van der Waals surface area (Å²) < 4.78 is 53.2. The van der Waals surface area contributed by atoms with Crippen LogP contribution in [0.4, 0.5) is 8.78 Å². The highest BCUT2D eigenvalue weighted by Gasteiger charge is 2.31. The largest absolute Gasteiger partial charge is 0.329 e. The zero-order valence-corrected chi connectivity index (χ0v) is 12.6. The standard InChI is InChI=1S/C13H20F2N2O2S/c1-9(2)7-13(3,8-16)17-20(18,19)12-5-4-10(14)6-11(12)15/h4-6,9,17H,7-8,16H2,1-3H3. The number of rotatable bonds is 6. The number of benzene rings is 1. The maximum Gasteiger partial charge on any atom is 0.244 e. The van der Waals surface area contributed by atoms with Crippen molar-refractivity contribution in [3.63, 3.8) is 0 Å². The second-order valence-corrected chi connectivity index (χ2v) is 7.19. The van der Waals surface area contributed by atoms with Crippen molar-refractivity contribution in [1.82, 2.24) is 4.72 Å². The molecule has 7 heteroatoms. The maximum absolute atomic E-state index is 13.6. The van der Waals surface area contributed by atoms with Crippen molar-refractivity contribution in [2.24, 2.45) is 11.7 Å². The molecule has 0 saturated carbocycles. The average molecular weight is 306 g/mol. The first-order valence-corrected chi connectivity index (χ1v) is 7.77. The van der Waals surface area contributed by atoms with Gasteiger partial charge in [-0.3, -0.25) is 0 Å². The normalized spacial score (nSPS) is 15.3. The molecule has 0 aliphatic carbocycles. The van der Waals surface area contributed by atoms with Crippen LogP contribution in [-0.4, -0.2) is 20.5 Å². The van der Waals surface area contributed by atoms with Gasteiger partial charge in [-0.2, -0.15) is 0 Å². The summed E-state index contributed by atoms with van der Waals surface area (Å²) in [5.41, 5.74) is 4.74. The average Bonchev–Trinajstić information content (AvgIpc) is 2.26. The van der Waals surface area contributed by atoms with Crippen LogP contribution in [0.3, 0.4) is 0 Å². The molecule has 4 nitrogen and oxygen atoms in total. The molecule has 1 aromatic carbocycles. The van der Waals surface area contributed by atoms with Crippen molar-refractivity contribution in [3.05, 3.63) is 29.8 Å². The minimum absolute atomic E-state index is 0.0766. The van der Waals surface area contributed by atoms with E-state index >= 15 is 0 Å². The third-order valence-corrected chi connectivity index (χ3v) is 4.55. The van der Waals surface area contributed by atoms with Gasteiger partial charge in [0.1, 0.15) is 16.5 Å². The second-order valence-electron chi connectivity index (χ2n) is 5.54. The topological polar surface area (TPSA) is 72.2 Å². The lowest BCUT2D eigenvalue weighted by molar-refractivity contribution is 0.344. The van der Waals surface area contributed by atoms with Gasteiger partial charge in [-0.1, -0.05) is 13.8 Å². The first-order chi connectivity index (χ1) is 9.09.